The molecule has 2 rings (SSSR count). The molecule has 0 bridgehead atoms. The topological polar surface area (TPSA) is 64.9 Å². The summed E-state index contributed by atoms with van der Waals surface area (Å²) in [5, 5.41) is 3.99. The van der Waals surface area contributed by atoms with Gasteiger partial charge in [-0.2, -0.15) is 4.98 Å². The monoisotopic (exact) mass is 355 g/mol. The number of nitrogens with two attached hydrogens (primary N) is 1. The quantitative estimate of drug-likeness (QED) is 0.833. The first-order valence-electron chi connectivity index (χ1n) is 6.33. The maximum Gasteiger partial charge on any atom is 0.244 e. The van der Waals surface area contributed by atoms with Crippen molar-refractivity contribution in [1.82, 2.24) is 10.1 Å². The summed E-state index contributed by atoms with van der Waals surface area (Å²) in [5.41, 5.74) is 6.01. The van der Waals surface area contributed by atoms with Crippen LogP contribution < -0.4 is 5.73 Å². The van der Waals surface area contributed by atoms with E-state index in [1.54, 1.807) is 11.8 Å². The Kier molecular flexibility index (Phi) is 4.88. The van der Waals surface area contributed by atoms with Crippen LogP contribution in [-0.4, -0.2) is 10.1 Å². The minimum atomic E-state index is -0.253. The van der Waals surface area contributed by atoms with E-state index in [1.807, 2.05) is 18.2 Å². The molecule has 0 saturated carbocycles. The van der Waals surface area contributed by atoms with E-state index in [2.05, 4.69) is 52.9 Å². The Morgan fingerprint density at radius 2 is 2.05 bits per heavy atom. The zero-order valence-electron chi connectivity index (χ0n) is 11.8. The van der Waals surface area contributed by atoms with Gasteiger partial charge in [0.1, 0.15) is 0 Å². The van der Waals surface area contributed by atoms with Gasteiger partial charge >= 0.3 is 0 Å². The van der Waals surface area contributed by atoms with Crippen LogP contribution in [0.25, 0.3) is 0 Å². The Labute approximate surface area is 131 Å². The van der Waals surface area contributed by atoms with Crippen LogP contribution in [0.5, 0.6) is 0 Å². The summed E-state index contributed by atoms with van der Waals surface area (Å²) in [4.78, 5) is 5.53. The van der Waals surface area contributed by atoms with Gasteiger partial charge < -0.3 is 10.3 Å². The molecular weight excluding hydrogens is 338 g/mol. The maximum atomic E-state index is 6.11. The minimum Gasteiger partial charge on any atom is -0.338 e. The lowest BCUT2D eigenvalue weighted by molar-refractivity contribution is 0.252. The lowest BCUT2D eigenvalue weighted by atomic mass is 9.87. The van der Waals surface area contributed by atoms with E-state index in [1.165, 1.54) is 0 Å². The van der Waals surface area contributed by atoms with Gasteiger partial charge in [0.05, 0.1) is 11.8 Å². The fourth-order valence-electron chi connectivity index (χ4n) is 1.53. The van der Waals surface area contributed by atoms with Crippen LogP contribution in [0, 0.1) is 5.41 Å². The molecule has 0 aliphatic rings. The average molecular weight is 356 g/mol. The fourth-order valence-corrected chi connectivity index (χ4v) is 2.94. The summed E-state index contributed by atoms with van der Waals surface area (Å²) >= 11 is 5.18. The number of nitrogens with zero attached hydrogens (tertiary/aromatic N) is 2. The van der Waals surface area contributed by atoms with E-state index in [4.69, 9.17) is 10.3 Å². The zero-order valence-corrected chi connectivity index (χ0v) is 14.2. The minimum absolute atomic E-state index is 0.0978. The first-order valence-corrected chi connectivity index (χ1v) is 8.11. The molecular formula is C14H18BrN3OS. The third-order valence-corrected chi connectivity index (χ3v) is 4.90. The molecule has 1 atom stereocenters. The standard InChI is InChI=1S/C14H18BrN3OS/c1-14(2,3)12(16)13-17-11(18-19-13)8-20-10-7-5-4-6-9(10)15/h4-7,12H,8,16H2,1-3H3. The third kappa shape index (κ3) is 3.84. The Morgan fingerprint density at radius 1 is 1.35 bits per heavy atom. The molecule has 0 amide bonds. The first-order chi connectivity index (χ1) is 9.38. The lowest BCUT2D eigenvalue weighted by Crippen LogP contribution is -2.26. The molecule has 0 spiro atoms. The smallest absolute Gasteiger partial charge is 0.244 e. The van der Waals surface area contributed by atoms with E-state index >= 15 is 0 Å². The van der Waals surface area contributed by atoms with E-state index in [-0.39, 0.29) is 11.5 Å². The van der Waals surface area contributed by atoms with Crippen molar-refractivity contribution in [3.05, 3.63) is 40.5 Å². The van der Waals surface area contributed by atoms with Crippen LogP contribution in [0.1, 0.15) is 38.5 Å². The van der Waals surface area contributed by atoms with Crippen LogP contribution in [0.4, 0.5) is 0 Å². The molecule has 0 aliphatic carbocycles. The van der Waals surface area contributed by atoms with Crippen molar-refractivity contribution in [3.8, 4) is 0 Å². The molecule has 0 fully saturated rings. The van der Waals surface area contributed by atoms with Gasteiger partial charge in [-0.3, -0.25) is 0 Å². The van der Waals surface area contributed by atoms with Crippen LogP contribution in [0.2, 0.25) is 0 Å². The normalized spacial score (nSPS) is 13.4. The Bertz CT molecular complexity index is 580. The summed E-state index contributed by atoms with van der Waals surface area (Å²) in [5.74, 6) is 1.82. The highest BCUT2D eigenvalue weighted by Crippen LogP contribution is 2.31. The summed E-state index contributed by atoms with van der Waals surface area (Å²) in [6.07, 6.45) is 0. The molecule has 1 aromatic heterocycles. The second-order valence-electron chi connectivity index (χ2n) is 5.61. The SMILES string of the molecule is CC(C)(C)C(N)c1nc(CSc2ccccc2Br)no1. The van der Waals surface area contributed by atoms with Gasteiger partial charge in [-0.05, 0) is 33.5 Å². The number of aromatic nitrogens is 2. The first kappa shape index (κ1) is 15.5. The summed E-state index contributed by atoms with van der Waals surface area (Å²) in [6, 6.07) is 7.81. The van der Waals surface area contributed by atoms with Gasteiger partial charge in [-0.1, -0.05) is 38.1 Å². The van der Waals surface area contributed by atoms with Crippen molar-refractivity contribution in [2.75, 3.05) is 0 Å². The molecule has 0 radical (unpaired) electrons. The molecule has 2 aromatic rings. The maximum absolute atomic E-state index is 6.11. The molecule has 108 valence electrons. The van der Waals surface area contributed by atoms with Crippen molar-refractivity contribution in [3.63, 3.8) is 0 Å². The van der Waals surface area contributed by atoms with Crippen molar-refractivity contribution in [2.24, 2.45) is 11.1 Å². The molecule has 1 heterocycles. The van der Waals surface area contributed by atoms with Gasteiger partial charge in [0.15, 0.2) is 5.82 Å². The third-order valence-electron chi connectivity index (χ3n) is 2.88. The molecule has 2 N–H and O–H groups in total. The van der Waals surface area contributed by atoms with Crippen LogP contribution >= 0.6 is 27.7 Å². The van der Waals surface area contributed by atoms with E-state index in [0.717, 1.165) is 9.37 Å². The number of hydrogen-bond acceptors (Lipinski definition) is 5. The Balaban J connectivity index is 2.02. The Morgan fingerprint density at radius 3 is 2.70 bits per heavy atom. The van der Waals surface area contributed by atoms with Crippen molar-refractivity contribution in [1.29, 1.82) is 0 Å². The summed E-state index contributed by atoms with van der Waals surface area (Å²) in [7, 11) is 0. The molecule has 20 heavy (non-hydrogen) atoms. The second-order valence-corrected chi connectivity index (χ2v) is 7.48. The number of hydrogen-bond donors (Lipinski definition) is 1. The van der Waals surface area contributed by atoms with Gasteiger partial charge in [0, 0.05) is 9.37 Å². The van der Waals surface area contributed by atoms with Gasteiger partial charge in [-0.15, -0.1) is 11.8 Å². The highest BCUT2D eigenvalue weighted by Gasteiger charge is 2.27. The number of halogens is 1. The fraction of sp³-hybridized carbons (Fsp3) is 0.429. The van der Waals surface area contributed by atoms with E-state index < -0.39 is 0 Å². The predicted molar refractivity (Wildman–Crippen MR) is 84.4 cm³/mol. The number of benzene rings is 1. The second kappa shape index (κ2) is 6.28. The molecule has 6 heteroatoms. The highest BCUT2D eigenvalue weighted by atomic mass is 79.9. The van der Waals surface area contributed by atoms with E-state index in [0.29, 0.717) is 17.5 Å². The Hall–Kier alpha value is -0.850. The number of thioether (sulfide) groups is 1. The lowest BCUT2D eigenvalue weighted by Gasteiger charge is -2.23. The van der Waals surface area contributed by atoms with Crippen molar-refractivity contribution >= 4 is 27.7 Å². The molecule has 1 unspecified atom stereocenters. The van der Waals surface area contributed by atoms with Crippen LogP contribution in [0.3, 0.4) is 0 Å². The average Bonchev–Trinajstić information content (AvgIpc) is 2.84. The van der Waals surface area contributed by atoms with Crippen molar-refractivity contribution in [2.45, 2.75) is 37.5 Å². The molecule has 4 nitrogen and oxygen atoms in total. The van der Waals surface area contributed by atoms with Crippen LogP contribution in [-0.2, 0) is 5.75 Å². The van der Waals surface area contributed by atoms with E-state index in [9.17, 15) is 0 Å². The van der Waals surface area contributed by atoms with Gasteiger partial charge in [-0.25, -0.2) is 0 Å². The predicted octanol–water partition coefficient (Wildman–Crippen LogP) is 4.17. The van der Waals surface area contributed by atoms with Gasteiger partial charge in [0.25, 0.3) is 0 Å². The molecule has 1 aromatic carbocycles. The molecule has 0 saturated heterocycles. The highest BCUT2D eigenvalue weighted by molar-refractivity contribution is 9.10. The summed E-state index contributed by atoms with van der Waals surface area (Å²) in [6.45, 7) is 6.16. The number of rotatable bonds is 4. The molecule has 0 aliphatic heterocycles. The van der Waals surface area contributed by atoms with Crippen LogP contribution in [0.15, 0.2) is 38.2 Å². The summed E-state index contributed by atoms with van der Waals surface area (Å²) < 4.78 is 6.33. The van der Waals surface area contributed by atoms with Crippen molar-refractivity contribution < 1.29 is 4.52 Å². The largest absolute Gasteiger partial charge is 0.338 e. The zero-order chi connectivity index (χ0) is 14.8. The van der Waals surface area contributed by atoms with Gasteiger partial charge in [0.2, 0.25) is 5.89 Å².